The lowest BCUT2D eigenvalue weighted by Gasteiger charge is -2.14. The molecule has 138 valence electrons. The third-order valence-corrected chi connectivity index (χ3v) is 4.51. The lowest BCUT2D eigenvalue weighted by molar-refractivity contribution is -0.140. The van der Waals surface area contributed by atoms with Crippen molar-refractivity contribution in [2.45, 2.75) is 25.2 Å². The normalized spacial score (nSPS) is 16.7. The highest BCUT2D eigenvalue weighted by Crippen LogP contribution is 2.29. The molecule has 1 fully saturated rings. The van der Waals surface area contributed by atoms with Gasteiger partial charge in [-0.1, -0.05) is 0 Å². The number of carbonyl (C=O) groups excluding carboxylic acids is 1. The molecule has 1 atom stereocenters. The first kappa shape index (κ1) is 17.9. The molecule has 26 heavy (non-hydrogen) atoms. The number of amides is 1. The third-order valence-electron chi connectivity index (χ3n) is 4.51. The number of aliphatic carboxylic acids is 1. The molecule has 1 saturated heterocycles. The van der Waals surface area contributed by atoms with Crippen molar-refractivity contribution in [1.82, 2.24) is 15.1 Å². The summed E-state index contributed by atoms with van der Waals surface area (Å²) in [6.07, 6.45) is 0.614. The van der Waals surface area contributed by atoms with Gasteiger partial charge in [0.15, 0.2) is 0 Å². The van der Waals surface area contributed by atoms with Gasteiger partial charge in [-0.25, -0.2) is 0 Å². The number of hydrogen-bond acceptors (Lipinski definition) is 6. The number of likely N-dealkylation sites (tertiary alicyclic amines) is 1. The summed E-state index contributed by atoms with van der Waals surface area (Å²) in [6, 6.07) is 7.83. The van der Waals surface area contributed by atoms with Crippen LogP contribution in [0.5, 0.6) is 0 Å². The van der Waals surface area contributed by atoms with Gasteiger partial charge in [0.25, 0.3) is 0 Å². The second-order valence-corrected chi connectivity index (χ2v) is 6.61. The molecule has 8 nitrogen and oxygen atoms in total. The average Bonchev–Trinajstić information content (AvgIpc) is 3.29. The predicted molar refractivity (Wildman–Crippen MR) is 94.9 cm³/mol. The Morgan fingerprint density at radius 1 is 1.23 bits per heavy atom. The Morgan fingerprint density at radius 2 is 1.96 bits per heavy atom. The zero-order valence-electron chi connectivity index (χ0n) is 14.9. The van der Waals surface area contributed by atoms with Crippen LogP contribution in [-0.4, -0.2) is 59.3 Å². The highest BCUT2D eigenvalue weighted by atomic mass is 16.4. The molecular weight excluding hydrogens is 336 g/mol. The van der Waals surface area contributed by atoms with Crippen LogP contribution >= 0.6 is 0 Å². The van der Waals surface area contributed by atoms with Crippen molar-refractivity contribution >= 4 is 17.6 Å². The van der Waals surface area contributed by atoms with Gasteiger partial charge >= 0.3 is 5.97 Å². The molecule has 0 aliphatic carbocycles. The smallest absolute Gasteiger partial charge is 0.303 e. The summed E-state index contributed by atoms with van der Waals surface area (Å²) in [7, 11) is 3.95. The van der Waals surface area contributed by atoms with Gasteiger partial charge in [-0.2, -0.15) is 0 Å². The Kier molecular flexibility index (Phi) is 5.20. The van der Waals surface area contributed by atoms with Crippen molar-refractivity contribution < 1.29 is 19.1 Å². The van der Waals surface area contributed by atoms with Gasteiger partial charge in [-0.3, -0.25) is 9.59 Å². The van der Waals surface area contributed by atoms with Crippen LogP contribution in [-0.2, 0) is 9.59 Å². The van der Waals surface area contributed by atoms with E-state index >= 15 is 0 Å². The molecule has 2 aromatic rings. The Hall–Kier alpha value is -2.90. The largest absolute Gasteiger partial charge is 0.481 e. The van der Waals surface area contributed by atoms with Crippen molar-refractivity contribution in [2.24, 2.45) is 0 Å². The molecule has 0 bridgehead atoms. The number of aromatic nitrogens is 2. The Balaban J connectivity index is 1.63. The first-order valence-electron chi connectivity index (χ1n) is 8.55. The molecule has 0 spiro atoms. The zero-order valence-corrected chi connectivity index (χ0v) is 14.9. The lowest BCUT2D eigenvalue weighted by atomic mass is 10.1. The van der Waals surface area contributed by atoms with Gasteiger partial charge in [0.1, 0.15) is 0 Å². The number of rotatable bonds is 6. The molecule has 0 radical (unpaired) electrons. The fourth-order valence-corrected chi connectivity index (χ4v) is 2.98. The van der Waals surface area contributed by atoms with E-state index in [9.17, 15) is 9.59 Å². The van der Waals surface area contributed by atoms with Crippen LogP contribution in [0, 0.1) is 0 Å². The average molecular weight is 358 g/mol. The number of carboxylic acids is 1. The summed E-state index contributed by atoms with van der Waals surface area (Å²) in [6.45, 7) is 1.07. The Morgan fingerprint density at radius 3 is 2.62 bits per heavy atom. The van der Waals surface area contributed by atoms with Crippen LogP contribution in [0.1, 0.15) is 31.1 Å². The van der Waals surface area contributed by atoms with E-state index in [2.05, 4.69) is 10.2 Å². The SMILES string of the molecule is CN(C)c1ccc(-c2nnc([C@H]3CCN(C(=O)CCC(=O)O)C3)o2)cc1. The number of benzene rings is 1. The van der Waals surface area contributed by atoms with Crippen molar-refractivity contribution in [3.8, 4) is 11.5 Å². The van der Waals surface area contributed by atoms with Gasteiger partial charge in [-0.05, 0) is 30.7 Å². The molecular formula is C18H22N4O4. The number of hydrogen-bond donors (Lipinski definition) is 1. The molecule has 1 N–H and O–H groups in total. The van der Waals surface area contributed by atoms with E-state index in [4.69, 9.17) is 9.52 Å². The van der Waals surface area contributed by atoms with Crippen molar-refractivity contribution in [3.63, 3.8) is 0 Å². The second-order valence-electron chi connectivity index (χ2n) is 6.61. The van der Waals surface area contributed by atoms with Crippen molar-refractivity contribution in [2.75, 3.05) is 32.1 Å². The predicted octanol–water partition coefficient (Wildman–Crippen LogP) is 1.98. The lowest BCUT2D eigenvalue weighted by Crippen LogP contribution is -2.28. The van der Waals surface area contributed by atoms with E-state index in [-0.39, 0.29) is 24.7 Å². The van der Waals surface area contributed by atoms with Gasteiger partial charge in [0.2, 0.25) is 17.7 Å². The maximum Gasteiger partial charge on any atom is 0.303 e. The maximum absolute atomic E-state index is 12.0. The molecule has 1 aliphatic heterocycles. The molecule has 1 aromatic heterocycles. The molecule has 3 rings (SSSR count). The number of carboxylic acid groups (broad SMARTS) is 1. The fourth-order valence-electron chi connectivity index (χ4n) is 2.98. The van der Waals surface area contributed by atoms with E-state index < -0.39 is 5.97 Å². The summed E-state index contributed by atoms with van der Waals surface area (Å²) >= 11 is 0. The minimum absolute atomic E-state index is 0.00826. The van der Waals surface area contributed by atoms with Crippen LogP contribution in [0.3, 0.4) is 0 Å². The number of nitrogens with zero attached hydrogens (tertiary/aromatic N) is 4. The van der Waals surface area contributed by atoms with Crippen LogP contribution in [0.15, 0.2) is 28.7 Å². The van der Waals surface area contributed by atoms with E-state index in [0.717, 1.165) is 17.7 Å². The van der Waals surface area contributed by atoms with E-state index in [1.807, 2.05) is 43.3 Å². The summed E-state index contributed by atoms with van der Waals surface area (Å²) in [5, 5.41) is 17.0. The van der Waals surface area contributed by atoms with Gasteiger partial charge < -0.3 is 19.3 Å². The topological polar surface area (TPSA) is 99.8 Å². The van der Waals surface area contributed by atoms with Gasteiger partial charge in [0.05, 0.1) is 12.3 Å². The quantitative estimate of drug-likeness (QED) is 0.843. The Bertz CT molecular complexity index is 785. The molecule has 2 heterocycles. The van der Waals surface area contributed by atoms with Gasteiger partial charge in [0, 0.05) is 44.9 Å². The van der Waals surface area contributed by atoms with Crippen LogP contribution in [0.4, 0.5) is 5.69 Å². The molecule has 0 unspecified atom stereocenters. The summed E-state index contributed by atoms with van der Waals surface area (Å²) in [5.74, 6) is -0.137. The monoisotopic (exact) mass is 358 g/mol. The summed E-state index contributed by atoms with van der Waals surface area (Å²) < 4.78 is 5.81. The highest BCUT2D eigenvalue weighted by Gasteiger charge is 2.31. The molecule has 1 aliphatic rings. The van der Waals surface area contributed by atoms with Crippen molar-refractivity contribution in [3.05, 3.63) is 30.2 Å². The van der Waals surface area contributed by atoms with Crippen LogP contribution in [0.25, 0.3) is 11.5 Å². The minimum Gasteiger partial charge on any atom is -0.481 e. The number of carbonyl (C=O) groups is 2. The minimum atomic E-state index is -0.962. The molecule has 1 amide bonds. The number of anilines is 1. The second kappa shape index (κ2) is 7.55. The first-order valence-corrected chi connectivity index (χ1v) is 8.55. The molecule has 1 aromatic carbocycles. The fraction of sp³-hybridized carbons (Fsp3) is 0.444. The first-order chi connectivity index (χ1) is 12.4. The summed E-state index contributed by atoms with van der Waals surface area (Å²) in [5.41, 5.74) is 1.93. The highest BCUT2D eigenvalue weighted by molar-refractivity contribution is 5.81. The zero-order chi connectivity index (χ0) is 18.7. The third kappa shape index (κ3) is 4.01. The summed E-state index contributed by atoms with van der Waals surface area (Å²) in [4.78, 5) is 26.3. The Labute approximate surface area is 151 Å². The van der Waals surface area contributed by atoms with Gasteiger partial charge in [-0.15, -0.1) is 10.2 Å². The van der Waals surface area contributed by atoms with Crippen LogP contribution < -0.4 is 4.90 Å². The molecule has 8 heteroatoms. The maximum atomic E-state index is 12.0. The van der Waals surface area contributed by atoms with E-state index in [1.165, 1.54) is 0 Å². The van der Waals surface area contributed by atoms with E-state index in [1.54, 1.807) is 4.90 Å². The molecule has 0 saturated carbocycles. The standard InChI is InChI=1S/C18H22N4O4/c1-21(2)14-5-3-12(4-6-14)17-19-20-18(26-17)13-9-10-22(11-13)15(23)7-8-16(24)25/h3-6,13H,7-11H2,1-2H3,(H,24,25)/t13-/m0/s1. The van der Waals surface area contributed by atoms with Crippen LogP contribution in [0.2, 0.25) is 0 Å². The van der Waals surface area contributed by atoms with Crippen molar-refractivity contribution in [1.29, 1.82) is 0 Å². The van der Waals surface area contributed by atoms with E-state index in [0.29, 0.717) is 24.9 Å².